The Bertz CT molecular complexity index is 1030. The largest absolute Gasteiger partial charge is 0.335 e. The van der Waals surface area contributed by atoms with Crippen molar-refractivity contribution in [3.8, 4) is 11.4 Å². The fraction of sp³-hybridized carbons (Fsp3) is 0.286. The van der Waals surface area contributed by atoms with Crippen molar-refractivity contribution in [2.24, 2.45) is 0 Å². The molecule has 6 nitrogen and oxygen atoms in total. The quantitative estimate of drug-likeness (QED) is 0.431. The van der Waals surface area contributed by atoms with Gasteiger partial charge in [0.25, 0.3) is 0 Å². The fourth-order valence-corrected chi connectivity index (χ4v) is 3.92. The second kappa shape index (κ2) is 8.88. The fourth-order valence-electron chi connectivity index (χ4n) is 2.96. The van der Waals surface area contributed by atoms with Crippen LogP contribution in [0.2, 0.25) is 5.02 Å². The molecule has 1 unspecified atom stereocenters. The van der Waals surface area contributed by atoms with Gasteiger partial charge in [0.1, 0.15) is 0 Å². The highest BCUT2D eigenvalue weighted by molar-refractivity contribution is 8.00. The number of nitrogens with one attached hydrogen (secondary N) is 1. The minimum atomic E-state index is -0.409. The van der Waals surface area contributed by atoms with Crippen LogP contribution >= 0.6 is 23.4 Å². The number of benzene rings is 2. The standard InChI is InChI=1S/C21H24ClN5OS/c1-12(2)17-10-5-7-13(3)18(17)24-20(28)14(4)29-21-26-25-19(27(21)23)15-8-6-9-16(22)11-15/h5-12,14H,23H2,1-4H3,(H,24,28). The number of nitrogen functional groups attached to an aromatic ring is 1. The molecule has 0 saturated heterocycles. The van der Waals surface area contributed by atoms with E-state index in [-0.39, 0.29) is 5.91 Å². The van der Waals surface area contributed by atoms with E-state index in [0.29, 0.717) is 21.9 Å². The van der Waals surface area contributed by atoms with Crippen molar-refractivity contribution in [3.05, 3.63) is 58.6 Å². The van der Waals surface area contributed by atoms with E-state index in [1.807, 2.05) is 44.2 Å². The van der Waals surface area contributed by atoms with Crippen molar-refractivity contribution in [3.63, 3.8) is 0 Å². The van der Waals surface area contributed by atoms with Gasteiger partial charge in [-0.05, 0) is 43.0 Å². The number of hydrogen-bond donors (Lipinski definition) is 2. The summed E-state index contributed by atoms with van der Waals surface area (Å²) >= 11 is 7.30. The lowest BCUT2D eigenvalue weighted by molar-refractivity contribution is -0.115. The average molecular weight is 430 g/mol. The first-order chi connectivity index (χ1) is 13.8. The van der Waals surface area contributed by atoms with Gasteiger partial charge >= 0.3 is 0 Å². The number of para-hydroxylation sites is 1. The molecule has 1 atom stereocenters. The van der Waals surface area contributed by atoms with Crippen molar-refractivity contribution in [1.29, 1.82) is 0 Å². The summed E-state index contributed by atoms with van der Waals surface area (Å²) in [6, 6.07) is 13.3. The molecular formula is C21H24ClN5OS. The van der Waals surface area contributed by atoms with Crippen LogP contribution in [0.25, 0.3) is 11.4 Å². The van der Waals surface area contributed by atoms with Gasteiger partial charge in [0.2, 0.25) is 11.1 Å². The summed E-state index contributed by atoms with van der Waals surface area (Å²) in [6.45, 7) is 8.03. The number of carbonyl (C=O) groups excluding carboxylic acids is 1. The molecule has 0 radical (unpaired) electrons. The van der Waals surface area contributed by atoms with Crippen LogP contribution in [0.15, 0.2) is 47.6 Å². The molecule has 0 aliphatic heterocycles. The zero-order chi connectivity index (χ0) is 21.1. The van der Waals surface area contributed by atoms with Gasteiger partial charge in [0.05, 0.1) is 5.25 Å². The number of anilines is 1. The molecule has 0 spiro atoms. The van der Waals surface area contributed by atoms with Gasteiger partial charge in [0, 0.05) is 16.3 Å². The monoisotopic (exact) mass is 429 g/mol. The highest BCUT2D eigenvalue weighted by Crippen LogP contribution is 2.30. The number of amides is 1. The summed E-state index contributed by atoms with van der Waals surface area (Å²) in [5.74, 6) is 6.85. The van der Waals surface area contributed by atoms with E-state index < -0.39 is 5.25 Å². The molecule has 1 heterocycles. The first kappa shape index (κ1) is 21.2. The number of nitrogens with two attached hydrogens (primary N) is 1. The van der Waals surface area contributed by atoms with Crippen molar-refractivity contribution >= 4 is 35.0 Å². The van der Waals surface area contributed by atoms with Gasteiger partial charge in [0.15, 0.2) is 5.82 Å². The first-order valence-corrected chi connectivity index (χ1v) is 10.6. The van der Waals surface area contributed by atoms with E-state index in [0.717, 1.165) is 22.4 Å². The highest BCUT2D eigenvalue weighted by Gasteiger charge is 2.21. The molecule has 0 fully saturated rings. The van der Waals surface area contributed by atoms with Gasteiger partial charge in [-0.25, -0.2) is 4.68 Å². The maximum atomic E-state index is 12.8. The minimum Gasteiger partial charge on any atom is -0.335 e. The summed E-state index contributed by atoms with van der Waals surface area (Å²) in [7, 11) is 0. The number of thioether (sulfide) groups is 1. The molecule has 1 aromatic heterocycles. The Morgan fingerprint density at radius 2 is 1.90 bits per heavy atom. The molecule has 2 aromatic carbocycles. The molecule has 0 bridgehead atoms. The molecule has 0 aliphatic rings. The normalized spacial score (nSPS) is 12.2. The summed E-state index contributed by atoms with van der Waals surface area (Å²) < 4.78 is 1.38. The Hall–Kier alpha value is -2.51. The van der Waals surface area contributed by atoms with Crippen LogP contribution in [-0.4, -0.2) is 26.0 Å². The van der Waals surface area contributed by atoms with Crippen LogP contribution in [-0.2, 0) is 4.79 Å². The lowest BCUT2D eigenvalue weighted by Gasteiger charge is -2.18. The number of rotatable bonds is 6. The summed E-state index contributed by atoms with van der Waals surface area (Å²) in [5, 5.41) is 12.0. The van der Waals surface area contributed by atoms with E-state index >= 15 is 0 Å². The molecule has 3 aromatic rings. The lowest BCUT2D eigenvalue weighted by atomic mass is 9.98. The third-order valence-electron chi connectivity index (χ3n) is 4.57. The zero-order valence-electron chi connectivity index (χ0n) is 16.8. The number of nitrogens with zero attached hydrogens (tertiary/aromatic N) is 3. The Kier molecular flexibility index (Phi) is 6.49. The number of halogens is 1. The third kappa shape index (κ3) is 4.74. The predicted molar refractivity (Wildman–Crippen MR) is 120 cm³/mol. The van der Waals surface area contributed by atoms with Gasteiger partial charge in [-0.3, -0.25) is 4.79 Å². The highest BCUT2D eigenvalue weighted by atomic mass is 35.5. The minimum absolute atomic E-state index is 0.112. The third-order valence-corrected chi connectivity index (χ3v) is 5.87. The molecule has 3 N–H and O–H groups in total. The number of aromatic nitrogens is 3. The maximum absolute atomic E-state index is 12.8. The van der Waals surface area contributed by atoms with Crippen LogP contribution in [0.3, 0.4) is 0 Å². The van der Waals surface area contributed by atoms with Crippen LogP contribution < -0.4 is 11.2 Å². The Morgan fingerprint density at radius 3 is 2.59 bits per heavy atom. The smallest absolute Gasteiger partial charge is 0.237 e. The second-order valence-electron chi connectivity index (χ2n) is 7.13. The zero-order valence-corrected chi connectivity index (χ0v) is 18.4. The van der Waals surface area contributed by atoms with Crippen molar-refractivity contribution in [1.82, 2.24) is 14.9 Å². The van der Waals surface area contributed by atoms with Crippen LogP contribution in [0.5, 0.6) is 0 Å². The summed E-state index contributed by atoms with van der Waals surface area (Å²) in [5.41, 5.74) is 3.78. The second-order valence-corrected chi connectivity index (χ2v) is 8.87. The molecule has 3 rings (SSSR count). The van der Waals surface area contributed by atoms with E-state index in [2.05, 4.69) is 29.4 Å². The van der Waals surface area contributed by atoms with Crippen molar-refractivity contribution in [2.75, 3.05) is 11.2 Å². The van der Waals surface area contributed by atoms with Crippen LogP contribution in [0.1, 0.15) is 37.8 Å². The number of aryl methyl sites for hydroxylation is 1. The molecule has 0 aliphatic carbocycles. The Morgan fingerprint density at radius 1 is 1.17 bits per heavy atom. The molecule has 152 valence electrons. The Balaban J connectivity index is 1.76. The van der Waals surface area contributed by atoms with E-state index in [9.17, 15) is 4.79 Å². The molecule has 0 saturated carbocycles. The van der Waals surface area contributed by atoms with Gasteiger partial charge < -0.3 is 11.2 Å². The average Bonchev–Trinajstić information content (AvgIpc) is 3.03. The SMILES string of the molecule is Cc1cccc(C(C)C)c1NC(=O)C(C)Sc1nnc(-c2cccc(Cl)c2)n1N. The van der Waals surface area contributed by atoms with Crippen molar-refractivity contribution in [2.45, 2.75) is 44.0 Å². The number of hydrogen-bond acceptors (Lipinski definition) is 5. The molecular weight excluding hydrogens is 406 g/mol. The molecule has 8 heteroatoms. The maximum Gasteiger partial charge on any atom is 0.237 e. The molecule has 1 amide bonds. The van der Waals surface area contributed by atoms with E-state index in [4.69, 9.17) is 17.4 Å². The Labute approximate surface area is 179 Å². The van der Waals surface area contributed by atoms with Crippen LogP contribution in [0, 0.1) is 6.92 Å². The van der Waals surface area contributed by atoms with E-state index in [1.54, 1.807) is 12.1 Å². The first-order valence-electron chi connectivity index (χ1n) is 9.31. The predicted octanol–water partition coefficient (Wildman–Crippen LogP) is 4.86. The lowest BCUT2D eigenvalue weighted by Crippen LogP contribution is -2.25. The summed E-state index contributed by atoms with van der Waals surface area (Å²) in [6.07, 6.45) is 0. The summed E-state index contributed by atoms with van der Waals surface area (Å²) in [4.78, 5) is 12.8. The van der Waals surface area contributed by atoms with Crippen molar-refractivity contribution < 1.29 is 4.79 Å². The topological polar surface area (TPSA) is 85.8 Å². The van der Waals surface area contributed by atoms with Gasteiger partial charge in [-0.1, -0.05) is 67.5 Å². The van der Waals surface area contributed by atoms with Gasteiger partial charge in [-0.15, -0.1) is 10.2 Å². The molecule has 29 heavy (non-hydrogen) atoms. The number of carbonyl (C=O) groups is 1. The van der Waals surface area contributed by atoms with Gasteiger partial charge in [-0.2, -0.15) is 0 Å². The van der Waals surface area contributed by atoms with E-state index in [1.165, 1.54) is 16.4 Å². The van der Waals surface area contributed by atoms with Crippen LogP contribution in [0.4, 0.5) is 5.69 Å².